The fraction of sp³-hybridized carbons (Fsp3) is 0.600. The van der Waals surface area contributed by atoms with Crippen molar-refractivity contribution in [3.8, 4) is 0 Å². The molecule has 1 aromatic rings. The van der Waals surface area contributed by atoms with Crippen molar-refractivity contribution in [2.24, 2.45) is 5.84 Å². The highest BCUT2D eigenvalue weighted by Gasteiger charge is 2.05. The molecule has 0 fully saturated rings. The van der Waals surface area contributed by atoms with E-state index in [1.807, 2.05) is 21.0 Å². The first-order valence-electron chi connectivity index (χ1n) is 5.25. The molecule has 1 rings (SSSR count). The summed E-state index contributed by atoms with van der Waals surface area (Å²) < 4.78 is 0. The van der Waals surface area contributed by atoms with Gasteiger partial charge in [0.05, 0.1) is 0 Å². The quantitative estimate of drug-likeness (QED) is 0.497. The number of nitrogen functional groups attached to an aromatic ring is 1. The second-order valence-corrected chi connectivity index (χ2v) is 4.02. The first kappa shape index (κ1) is 12.7. The number of hydrazine groups is 1. The van der Waals surface area contributed by atoms with Crippen LogP contribution in [-0.4, -0.2) is 41.5 Å². The van der Waals surface area contributed by atoms with Gasteiger partial charge in [0.2, 0.25) is 0 Å². The highest BCUT2D eigenvalue weighted by molar-refractivity contribution is 5.46. The van der Waals surface area contributed by atoms with Gasteiger partial charge in [0.15, 0.2) is 0 Å². The molecule has 1 aromatic heterocycles. The summed E-state index contributed by atoms with van der Waals surface area (Å²) in [7, 11) is 4.09. The highest BCUT2D eigenvalue weighted by atomic mass is 15.3. The summed E-state index contributed by atoms with van der Waals surface area (Å²) in [6, 6.07) is 2.22. The second-order valence-electron chi connectivity index (χ2n) is 4.02. The molecule has 0 aliphatic heterocycles. The van der Waals surface area contributed by atoms with E-state index < -0.39 is 0 Å². The Bertz CT molecular complexity index is 338. The standard InChI is InChI=1S/C10H20N6/c1-7(16(3)4)6-12-9-5-10(15-11)14-8(2)13-9/h5,7H,6,11H2,1-4H3,(H2,12,13,14,15). The molecule has 0 spiro atoms. The molecule has 4 N–H and O–H groups in total. The van der Waals surface area contributed by atoms with Crippen molar-refractivity contribution in [1.29, 1.82) is 0 Å². The number of nitrogens with one attached hydrogen (secondary N) is 2. The molecule has 1 unspecified atom stereocenters. The van der Waals surface area contributed by atoms with Crippen LogP contribution < -0.4 is 16.6 Å². The molecule has 0 aliphatic rings. The number of aromatic nitrogens is 2. The lowest BCUT2D eigenvalue weighted by Crippen LogP contribution is -2.31. The molecule has 16 heavy (non-hydrogen) atoms. The minimum Gasteiger partial charge on any atom is -0.368 e. The molecule has 0 bridgehead atoms. The molecule has 0 saturated carbocycles. The van der Waals surface area contributed by atoms with Crippen LogP contribution in [0.2, 0.25) is 0 Å². The number of anilines is 2. The van der Waals surface area contributed by atoms with Crippen LogP contribution >= 0.6 is 0 Å². The van der Waals surface area contributed by atoms with E-state index in [0.717, 1.165) is 12.4 Å². The predicted molar refractivity (Wildman–Crippen MR) is 66.2 cm³/mol. The van der Waals surface area contributed by atoms with Crippen LogP contribution in [0.5, 0.6) is 0 Å². The Morgan fingerprint density at radius 1 is 1.38 bits per heavy atom. The molecule has 90 valence electrons. The third-order valence-electron chi connectivity index (χ3n) is 2.45. The van der Waals surface area contributed by atoms with Gasteiger partial charge in [-0.2, -0.15) is 0 Å². The number of aryl methyl sites for hydroxylation is 1. The number of likely N-dealkylation sites (N-methyl/N-ethyl adjacent to an activating group) is 1. The summed E-state index contributed by atoms with van der Waals surface area (Å²) in [5, 5.41) is 3.25. The summed E-state index contributed by atoms with van der Waals surface area (Å²) in [6.07, 6.45) is 0. The average molecular weight is 224 g/mol. The smallest absolute Gasteiger partial charge is 0.145 e. The molecule has 1 heterocycles. The van der Waals surface area contributed by atoms with Crippen molar-refractivity contribution in [3.05, 3.63) is 11.9 Å². The maximum absolute atomic E-state index is 5.32. The Balaban J connectivity index is 2.63. The van der Waals surface area contributed by atoms with Crippen LogP contribution in [0.3, 0.4) is 0 Å². The number of nitrogens with two attached hydrogens (primary N) is 1. The fourth-order valence-corrected chi connectivity index (χ4v) is 1.17. The monoisotopic (exact) mass is 224 g/mol. The summed E-state index contributed by atoms with van der Waals surface area (Å²) in [5.41, 5.74) is 2.52. The fourth-order valence-electron chi connectivity index (χ4n) is 1.17. The SMILES string of the molecule is Cc1nc(NN)cc(NCC(C)N(C)C)n1. The normalized spacial score (nSPS) is 12.6. The van der Waals surface area contributed by atoms with E-state index >= 15 is 0 Å². The van der Waals surface area contributed by atoms with Gasteiger partial charge in [-0.05, 0) is 27.9 Å². The summed E-state index contributed by atoms with van der Waals surface area (Å²) in [6.45, 7) is 4.80. The lowest BCUT2D eigenvalue weighted by atomic mass is 10.3. The Morgan fingerprint density at radius 3 is 2.56 bits per heavy atom. The summed E-state index contributed by atoms with van der Waals surface area (Å²) in [4.78, 5) is 10.5. The van der Waals surface area contributed by atoms with Crippen molar-refractivity contribution in [2.45, 2.75) is 19.9 Å². The van der Waals surface area contributed by atoms with Gasteiger partial charge in [-0.3, -0.25) is 0 Å². The first-order chi connectivity index (χ1) is 7.52. The molecule has 1 atom stereocenters. The van der Waals surface area contributed by atoms with Crippen LogP contribution in [-0.2, 0) is 0 Å². The zero-order chi connectivity index (χ0) is 12.1. The molecule has 0 saturated heterocycles. The third-order valence-corrected chi connectivity index (χ3v) is 2.45. The van der Waals surface area contributed by atoms with Crippen molar-refractivity contribution in [2.75, 3.05) is 31.4 Å². The van der Waals surface area contributed by atoms with Crippen LogP contribution in [0.25, 0.3) is 0 Å². The maximum Gasteiger partial charge on any atom is 0.145 e. The van der Waals surface area contributed by atoms with Crippen LogP contribution in [0.1, 0.15) is 12.7 Å². The molecule has 0 amide bonds. The van der Waals surface area contributed by atoms with E-state index in [0.29, 0.717) is 17.7 Å². The van der Waals surface area contributed by atoms with Gasteiger partial charge in [-0.15, -0.1) is 0 Å². The van der Waals surface area contributed by atoms with Gasteiger partial charge >= 0.3 is 0 Å². The van der Waals surface area contributed by atoms with Gasteiger partial charge < -0.3 is 15.6 Å². The minimum atomic E-state index is 0.435. The average Bonchev–Trinajstić information content (AvgIpc) is 2.24. The van der Waals surface area contributed by atoms with Crippen molar-refractivity contribution in [1.82, 2.24) is 14.9 Å². The van der Waals surface area contributed by atoms with Gasteiger partial charge in [-0.25, -0.2) is 15.8 Å². The van der Waals surface area contributed by atoms with Crippen molar-refractivity contribution in [3.63, 3.8) is 0 Å². The third kappa shape index (κ3) is 3.63. The molecule has 6 nitrogen and oxygen atoms in total. The highest BCUT2D eigenvalue weighted by Crippen LogP contribution is 2.09. The topological polar surface area (TPSA) is 79.1 Å². The summed E-state index contributed by atoms with van der Waals surface area (Å²) >= 11 is 0. The Hall–Kier alpha value is -1.40. The van der Waals surface area contributed by atoms with E-state index in [-0.39, 0.29) is 0 Å². The zero-order valence-electron chi connectivity index (χ0n) is 10.3. The Labute approximate surface area is 96.2 Å². The van der Waals surface area contributed by atoms with Gasteiger partial charge in [0.25, 0.3) is 0 Å². The second kappa shape index (κ2) is 5.62. The zero-order valence-corrected chi connectivity index (χ0v) is 10.3. The molecular formula is C10H20N6. The number of hydrogen-bond donors (Lipinski definition) is 3. The van der Waals surface area contributed by atoms with Crippen molar-refractivity contribution >= 4 is 11.6 Å². The maximum atomic E-state index is 5.32. The number of rotatable bonds is 5. The lowest BCUT2D eigenvalue weighted by Gasteiger charge is -2.20. The largest absolute Gasteiger partial charge is 0.368 e. The van der Waals surface area contributed by atoms with E-state index in [1.54, 1.807) is 6.07 Å². The lowest BCUT2D eigenvalue weighted by molar-refractivity contribution is 0.326. The van der Waals surface area contributed by atoms with E-state index in [9.17, 15) is 0 Å². The van der Waals surface area contributed by atoms with Gasteiger partial charge in [-0.1, -0.05) is 0 Å². The van der Waals surface area contributed by atoms with E-state index in [4.69, 9.17) is 5.84 Å². The molecule has 0 aromatic carbocycles. The van der Waals surface area contributed by atoms with Crippen LogP contribution in [0.15, 0.2) is 6.07 Å². The first-order valence-corrected chi connectivity index (χ1v) is 5.25. The molecular weight excluding hydrogens is 204 g/mol. The molecule has 0 radical (unpaired) electrons. The Morgan fingerprint density at radius 2 is 2.00 bits per heavy atom. The molecule has 0 aliphatic carbocycles. The van der Waals surface area contributed by atoms with E-state index in [1.165, 1.54) is 0 Å². The number of hydrogen-bond acceptors (Lipinski definition) is 6. The van der Waals surface area contributed by atoms with E-state index in [2.05, 4.69) is 32.5 Å². The minimum absolute atomic E-state index is 0.435. The van der Waals surface area contributed by atoms with Crippen molar-refractivity contribution < 1.29 is 0 Å². The Kier molecular flexibility index (Phi) is 4.45. The predicted octanol–water partition coefficient (Wildman–Crippen LogP) is 0.433. The molecule has 6 heteroatoms. The van der Waals surface area contributed by atoms with Gasteiger partial charge in [0, 0.05) is 18.7 Å². The summed E-state index contributed by atoms with van der Waals surface area (Å²) in [5.74, 6) is 7.41. The van der Waals surface area contributed by atoms with Crippen LogP contribution in [0, 0.1) is 6.92 Å². The van der Waals surface area contributed by atoms with Crippen LogP contribution in [0.4, 0.5) is 11.6 Å². The number of nitrogens with zero attached hydrogens (tertiary/aromatic N) is 3. The van der Waals surface area contributed by atoms with Gasteiger partial charge in [0.1, 0.15) is 17.5 Å².